The van der Waals surface area contributed by atoms with E-state index in [0.29, 0.717) is 0 Å². The van der Waals surface area contributed by atoms with Crippen LogP contribution in [0, 0.1) is 0 Å². The van der Waals surface area contributed by atoms with Gasteiger partial charge in [-0.25, -0.2) is 0 Å². The molecular formula is C12H26O4Si2. The molecule has 0 aliphatic carbocycles. The van der Waals surface area contributed by atoms with Gasteiger partial charge in [-0.2, -0.15) is 0 Å². The van der Waals surface area contributed by atoms with E-state index in [1.165, 1.54) is 0 Å². The van der Waals surface area contributed by atoms with Crippen LogP contribution in [-0.2, 0) is 17.7 Å². The summed E-state index contributed by atoms with van der Waals surface area (Å²) < 4.78 is 22.8. The van der Waals surface area contributed by atoms with Gasteiger partial charge in [0.05, 0.1) is 5.16 Å². The fourth-order valence-electron chi connectivity index (χ4n) is 2.33. The largest absolute Gasteiger partial charge is 0.395 e. The van der Waals surface area contributed by atoms with E-state index in [9.17, 15) is 0 Å². The average Bonchev–Trinajstić information content (AvgIpc) is 2.44. The molecule has 0 heterocycles. The van der Waals surface area contributed by atoms with Gasteiger partial charge in [-0.3, -0.25) is 0 Å². The van der Waals surface area contributed by atoms with Crippen molar-refractivity contribution in [3.63, 3.8) is 0 Å². The first-order chi connectivity index (χ1) is 8.56. The number of hydrogen-bond donors (Lipinski definition) is 0. The minimum Gasteiger partial charge on any atom is -0.395 e. The Kier molecular flexibility index (Phi) is 7.92. The van der Waals surface area contributed by atoms with Crippen molar-refractivity contribution in [2.24, 2.45) is 0 Å². The summed E-state index contributed by atoms with van der Waals surface area (Å²) in [5.74, 6) is 0. The van der Waals surface area contributed by atoms with Gasteiger partial charge in [0.2, 0.25) is 0 Å². The topological polar surface area (TPSA) is 36.9 Å². The minimum atomic E-state index is -2.56. The van der Waals surface area contributed by atoms with Crippen molar-refractivity contribution in [3.05, 3.63) is 24.6 Å². The second kappa shape index (κ2) is 8.03. The van der Waals surface area contributed by atoms with Crippen molar-refractivity contribution < 1.29 is 17.7 Å². The summed E-state index contributed by atoms with van der Waals surface area (Å²) in [5.41, 5.74) is 3.60. The normalized spacial score (nSPS) is 12.8. The Balaban J connectivity index is 5.63. The van der Waals surface area contributed by atoms with Crippen LogP contribution in [0.15, 0.2) is 24.6 Å². The first-order valence-electron chi connectivity index (χ1n) is 6.04. The Morgan fingerprint density at radius 1 is 0.889 bits per heavy atom. The first kappa shape index (κ1) is 17.8. The van der Waals surface area contributed by atoms with Crippen molar-refractivity contribution in [1.29, 1.82) is 0 Å². The molecule has 4 nitrogen and oxygen atoms in total. The number of hydrogen-bond acceptors (Lipinski definition) is 4. The first-order valence-corrected chi connectivity index (χ1v) is 9.98. The van der Waals surface area contributed by atoms with E-state index in [0.717, 1.165) is 12.8 Å². The molecule has 18 heavy (non-hydrogen) atoms. The van der Waals surface area contributed by atoms with Gasteiger partial charge in [0.1, 0.15) is 0 Å². The Labute approximate surface area is 113 Å². The predicted molar refractivity (Wildman–Crippen MR) is 78.6 cm³/mol. The van der Waals surface area contributed by atoms with E-state index in [2.05, 4.69) is 20.1 Å². The van der Waals surface area contributed by atoms with Crippen molar-refractivity contribution in [2.45, 2.75) is 24.9 Å². The smallest absolute Gasteiger partial charge is 0.369 e. The Morgan fingerprint density at radius 2 is 1.22 bits per heavy atom. The molecule has 0 fully saturated rings. The Morgan fingerprint density at radius 3 is 1.39 bits per heavy atom. The molecular weight excluding hydrogens is 264 g/mol. The summed E-state index contributed by atoms with van der Waals surface area (Å²) in [6, 6.07) is 0. The molecule has 0 aromatic heterocycles. The van der Waals surface area contributed by atoms with Gasteiger partial charge in [0.15, 0.2) is 0 Å². The zero-order valence-electron chi connectivity index (χ0n) is 12.2. The lowest BCUT2D eigenvalue weighted by molar-refractivity contribution is 0.214. The highest BCUT2D eigenvalue weighted by molar-refractivity contribution is 6.92. The molecule has 0 aliphatic heterocycles. The van der Waals surface area contributed by atoms with Crippen LogP contribution in [0.3, 0.4) is 0 Å². The summed E-state index contributed by atoms with van der Waals surface area (Å²) in [6.45, 7) is 9.89. The van der Waals surface area contributed by atoms with Crippen LogP contribution in [0.2, 0.25) is 5.16 Å². The molecule has 0 saturated carbocycles. The molecule has 6 heteroatoms. The molecule has 0 atom stereocenters. The second-order valence-corrected chi connectivity index (χ2v) is 11.3. The quantitative estimate of drug-likeness (QED) is 0.580. The van der Waals surface area contributed by atoms with E-state index >= 15 is 0 Å². The van der Waals surface area contributed by atoms with Crippen LogP contribution in [0.4, 0.5) is 0 Å². The summed E-state index contributed by atoms with van der Waals surface area (Å²) in [6.07, 6.45) is 1.90. The van der Waals surface area contributed by atoms with Crippen LogP contribution in [-0.4, -0.2) is 45.6 Å². The maximum atomic E-state index is 5.69. The Bertz CT molecular complexity index is 239. The highest BCUT2D eigenvalue weighted by Gasteiger charge is 2.56. The third-order valence-corrected chi connectivity index (χ3v) is 12.0. The van der Waals surface area contributed by atoms with Gasteiger partial charge in [-0.15, -0.1) is 13.2 Å². The highest BCUT2D eigenvalue weighted by atomic mass is 28.4. The third-order valence-electron chi connectivity index (χ3n) is 3.39. The molecule has 0 N–H and O–H groups in total. The van der Waals surface area contributed by atoms with Gasteiger partial charge >= 0.3 is 17.1 Å². The molecule has 106 valence electrons. The standard InChI is InChI=1S/C12H26O4Si2/c1-8-11-12(17(9-2,13-4)14-5)18(10-3,15-6)16-7/h9-10,12H,2-3,8,11H2,1,4-7H3. The van der Waals surface area contributed by atoms with Gasteiger partial charge in [0, 0.05) is 28.4 Å². The van der Waals surface area contributed by atoms with Crippen LogP contribution in [0.1, 0.15) is 19.8 Å². The van der Waals surface area contributed by atoms with E-state index in [1.807, 2.05) is 0 Å². The van der Waals surface area contributed by atoms with Gasteiger partial charge in [-0.05, 0) is 17.8 Å². The summed E-state index contributed by atoms with van der Waals surface area (Å²) in [4.78, 5) is 0. The Hall–Kier alpha value is -0.246. The van der Waals surface area contributed by atoms with Crippen LogP contribution < -0.4 is 0 Å². The van der Waals surface area contributed by atoms with E-state index in [-0.39, 0.29) is 5.16 Å². The highest BCUT2D eigenvalue weighted by Crippen LogP contribution is 2.38. The van der Waals surface area contributed by atoms with E-state index < -0.39 is 17.1 Å². The molecule has 0 rings (SSSR count). The maximum Gasteiger partial charge on any atom is 0.369 e. The second-order valence-electron chi connectivity index (χ2n) is 4.01. The maximum absolute atomic E-state index is 5.69. The summed E-state index contributed by atoms with van der Waals surface area (Å²) in [5, 5.41) is 0.0648. The zero-order chi connectivity index (χ0) is 14.2. The van der Waals surface area contributed by atoms with Gasteiger partial charge in [-0.1, -0.05) is 13.3 Å². The van der Waals surface area contributed by atoms with Crippen LogP contribution in [0.25, 0.3) is 0 Å². The molecule has 0 amide bonds. The molecule has 0 bridgehead atoms. The van der Waals surface area contributed by atoms with E-state index in [4.69, 9.17) is 17.7 Å². The van der Waals surface area contributed by atoms with Crippen LogP contribution in [0.5, 0.6) is 0 Å². The fourth-order valence-corrected chi connectivity index (χ4v) is 10.8. The van der Waals surface area contributed by atoms with Gasteiger partial charge < -0.3 is 17.7 Å². The fraction of sp³-hybridized carbons (Fsp3) is 0.667. The lowest BCUT2D eigenvalue weighted by Gasteiger charge is -2.40. The monoisotopic (exact) mass is 290 g/mol. The molecule has 0 aromatic carbocycles. The van der Waals surface area contributed by atoms with E-state index in [1.54, 1.807) is 39.8 Å². The molecule has 0 spiro atoms. The minimum absolute atomic E-state index is 0.0648. The molecule has 0 radical (unpaired) electrons. The van der Waals surface area contributed by atoms with Crippen molar-refractivity contribution >= 4 is 17.1 Å². The molecule has 0 unspecified atom stereocenters. The lowest BCUT2D eigenvalue weighted by Crippen LogP contribution is -2.58. The summed E-state index contributed by atoms with van der Waals surface area (Å²) >= 11 is 0. The zero-order valence-corrected chi connectivity index (χ0v) is 14.2. The average molecular weight is 291 g/mol. The van der Waals surface area contributed by atoms with Crippen molar-refractivity contribution in [2.75, 3.05) is 28.4 Å². The van der Waals surface area contributed by atoms with Crippen LogP contribution >= 0.6 is 0 Å². The van der Waals surface area contributed by atoms with Crippen molar-refractivity contribution in [1.82, 2.24) is 0 Å². The SMILES string of the molecule is C=C[Si](OC)(OC)C(CCC)[Si](C=C)(OC)OC. The lowest BCUT2D eigenvalue weighted by atomic mass is 10.4. The molecule has 0 aliphatic rings. The third kappa shape index (κ3) is 3.20. The molecule has 0 saturated heterocycles. The number of rotatable bonds is 10. The summed E-state index contributed by atoms with van der Waals surface area (Å²) in [7, 11) is 1.52. The van der Waals surface area contributed by atoms with Crippen molar-refractivity contribution in [3.8, 4) is 0 Å². The molecule has 0 aromatic rings. The predicted octanol–water partition coefficient (Wildman–Crippen LogP) is 2.62. The van der Waals surface area contributed by atoms with Gasteiger partial charge in [0.25, 0.3) is 0 Å².